The number of aryl methyl sites for hydroxylation is 4. The summed E-state index contributed by atoms with van der Waals surface area (Å²) in [5.41, 5.74) is 16.9. The fourth-order valence-electron chi connectivity index (χ4n) is 8.71. The number of aromatic nitrogens is 4. The van der Waals surface area contributed by atoms with Gasteiger partial charge in [0, 0.05) is 46.1 Å². The van der Waals surface area contributed by atoms with Crippen LogP contribution in [0.1, 0.15) is 111 Å². The van der Waals surface area contributed by atoms with Crippen molar-refractivity contribution in [3.63, 3.8) is 0 Å². The molecule has 0 saturated heterocycles. The molecule has 3 aromatic heterocycles. The molecule has 0 amide bonds. The zero-order chi connectivity index (χ0) is 34.4. The molecule has 0 spiro atoms. The number of hydrogen-bond donors (Lipinski definition) is 4. The van der Waals surface area contributed by atoms with Gasteiger partial charge in [0.05, 0.1) is 22.6 Å². The largest absolute Gasteiger partial charge is 0.396 e. The number of hydrogen-bond acceptors (Lipinski definition) is 4. The molecule has 2 aliphatic heterocycles. The van der Waals surface area contributed by atoms with Gasteiger partial charge in [0.1, 0.15) is 0 Å². The molecule has 254 valence electrons. The van der Waals surface area contributed by atoms with Crippen LogP contribution in [-0.2, 0) is 18.3 Å². The van der Waals surface area contributed by atoms with E-state index in [9.17, 15) is 10.2 Å². The third-order valence-corrected chi connectivity index (χ3v) is 11.5. The van der Waals surface area contributed by atoms with Crippen molar-refractivity contribution in [1.82, 2.24) is 19.9 Å². The first-order valence-corrected chi connectivity index (χ1v) is 18.4. The van der Waals surface area contributed by atoms with Crippen molar-refractivity contribution in [2.45, 2.75) is 98.3 Å². The molecule has 8 bridgehead atoms. The van der Waals surface area contributed by atoms with E-state index in [4.69, 9.17) is 9.97 Å². The van der Waals surface area contributed by atoms with Crippen LogP contribution in [0.5, 0.6) is 0 Å². The summed E-state index contributed by atoms with van der Waals surface area (Å²) in [6, 6.07) is 17.9. The van der Waals surface area contributed by atoms with Crippen molar-refractivity contribution in [3.8, 4) is 0 Å². The van der Waals surface area contributed by atoms with E-state index in [-0.39, 0.29) is 18.6 Å². The third-order valence-electron chi connectivity index (χ3n) is 11.5. The summed E-state index contributed by atoms with van der Waals surface area (Å²) in [4.78, 5) is 18.8. The van der Waals surface area contributed by atoms with Crippen LogP contribution in [0.4, 0.5) is 0 Å². The highest BCUT2D eigenvalue weighted by Crippen LogP contribution is 2.49. The van der Waals surface area contributed by atoms with Crippen molar-refractivity contribution in [2.75, 3.05) is 13.2 Å². The number of aliphatic hydroxyl groups is 2. The lowest BCUT2D eigenvalue weighted by Gasteiger charge is -2.28. The molecule has 0 aliphatic carbocycles. The highest BCUT2D eigenvalue weighted by Gasteiger charge is 2.39. The molecular weight excluding hydrogens is 604 g/mol. The summed E-state index contributed by atoms with van der Waals surface area (Å²) < 4.78 is 0. The van der Waals surface area contributed by atoms with Gasteiger partial charge in [0.2, 0.25) is 0 Å². The Morgan fingerprint density at radius 2 is 1.31 bits per heavy atom. The van der Waals surface area contributed by atoms with E-state index in [1.54, 1.807) is 0 Å². The van der Waals surface area contributed by atoms with Crippen molar-refractivity contribution in [1.29, 1.82) is 0 Å². The number of benzene rings is 2. The van der Waals surface area contributed by atoms with Crippen LogP contribution < -0.4 is 0 Å². The Bertz CT molecular complexity index is 2280. The van der Waals surface area contributed by atoms with E-state index >= 15 is 0 Å². The molecular formula is C43H50N4O2. The Morgan fingerprint density at radius 3 is 1.90 bits per heavy atom. The van der Waals surface area contributed by atoms with Gasteiger partial charge in [0.25, 0.3) is 0 Å². The van der Waals surface area contributed by atoms with Gasteiger partial charge in [-0.3, -0.25) is 4.98 Å². The number of allylic oxidation sites excluding steroid dienone is 2. The van der Waals surface area contributed by atoms with Crippen molar-refractivity contribution in [2.24, 2.45) is 0 Å². The van der Waals surface area contributed by atoms with E-state index in [1.807, 2.05) is 0 Å². The summed E-state index contributed by atoms with van der Waals surface area (Å²) in [6.45, 7) is 13.8. The van der Waals surface area contributed by atoms with Gasteiger partial charge in [-0.1, -0.05) is 52.0 Å². The second kappa shape index (κ2) is 13.2. The fraction of sp³-hybridized carbons (Fsp3) is 0.395. The molecule has 6 heteroatoms. The van der Waals surface area contributed by atoms with E-state index in [0.29, 0.717) is 12.8 Å². The van der Waals surface area contributed by atoms with Gasteiger partial charge in [-0.25, -0.2) is 4.98 Å². The van der Waals surface area contributed by atoms with Crippen LogP contribution >= 0.6 is 0 Å². The topological polar surface area (TPSA) is 97.8 Å². The number of aromatic amines is 2. The SMILES string of the molecule is CCC1=C(CC)c2nc1cc1[nH]c(cc3[nH]c(cc4nc5c(cc6ccccc6c25)C4(CC)CC)c(C)c3CCCO)c(CCCO)c1C. The second-order valence-corrected chi connectivity index (χ2v) is 13.9. The van der Waals surface area contributed by atoms with Crippen LogP contribution in [0, 0.1) is 13.8 Å². The predicted molar refractivity (Wildman–Crippen MR) is 205 cm³/mol. The van der Waals surface area contributed by atoms with Crippen molar-refractivity contribution < 1.29 is 10.2 Å². The average Bonchev–Trinajstić information content (AvgIpc) is 3.80. The maximum Gasteiger partial charge on any atom is 0.0775 e. The quantitative estimate of drug-likeness (QED) is 0.120. The highest BCUT2D eigenvalue weighted by atomic mass is 16.3. The Kier molecular flexibility index (Phi) is 8.97. The van der Waals surface area contributed by atoms with Crippen LogP contribution in [0.25, 0.3) is 54.9 Å². The smallest absolute Gasteiger partial charge is 0.0775 e. The summed E-state index contributed by atoms with van der Waals surface area (Å²) in [7, 11) is 0. The first-order chi connectivity index (χ1) is 23.8. The Labute approximate surface area is 289 Å². The minimum atomic E-state index is -0.237. The maximum atomic E-state index is 9.85. The molecule has 6 nitrogen and oxygen atoms in total. The molecule has 4 N–H and O–H groups in total. The number of H-pyrrole nitrogens is 2. The van der Waals surface area contributed by atoms with Gasteiger partial charge < -0.3 is 20.2 Å². The zero-order valence-corrected chi connectivity index (χ0v) is 30.0. The molecule has 0 atom stereocenters. The number of rotatable bonds is 10. The van der Waals surface area contributed by atoms with Crippen LogP contribution in [-0.4, -0.2) is 43.4 Å². The molecule has 49 heavy (non-hydrogen) atoms. The molecule has 5 aromatic rings. The zero-order valence-electron chi connectivity index (χ0n) is 30.0. The minimum absolute atomic E-state index is 0.146. The normalized spacial score (nSPS) is 14.2. The first-order valence-electron chi connectivity index (χ1n) is 18.4. The van der Waals surface area contributed by atoms with Gasteiger partial charge >= 0.3 is 0 Å². The molecule has 0 saturated carbocycles. The summed E-state index contributed by atoms with van der Waals surface area (Å²) in [5, 5.41) is 23.2. The minimum Gasteiger partial charge on any atom is -0.396 e. The van der Waals surface area contributed by atoms with Crippen LogP contribution in [0.2, 0.25) is 0 Å². The van der Waals surface area contributed by atoms with Crippen LogP contribution in [0.3, 0.4) is 0 Å². The van der Waals surface area contributed by atoms with E-state index < -0.39 is 0 Å². The second-order valence-electron chi connectivity index (χ2n) is 13.9. The number of fused-ring (bicyclic) bond motifs is 10. The van der Waals surface area contributed by atoms with Gasteiger partial charge in [0.15, 0.2) is 0 Å². The summed E-state index contributed by atoms with van der Waals surface area (Å²) in [5.74, 6) is 0. The molecule has 0 unspecified atom stereocenters. The van der Waals surface area contributed by atoms with E-state index in [2.05, 4.69) is 100 Å². The van der Waals surface area contributed by atoms with Crippen molar-refractivity contribution >= 4 is 54.9 Å². The lowest BCUT2D eigenvalue weighted by molar-refractivity contribution is 0.288. The van der Waals surface area contributed by atoms with Gasteiger partial charge in [-0.2, -0.15) is 0 Å². The van der Waals surface area contributed by atoms with Crippen LogP contribution in [0.15, 0.2) is 48.5 Å². The molecule has 2 aliphatic rings. The lowest BCUT2D eigenvalue weighted by atomic mass is 9.73. The number of nitrogens with zero attached hydrogens (tertiary/aromatic N) is 2. The van der Waals surface area contributed by atoms with Crippen molar-refractivity contribution in [3.05, 3.63) is 93.4 Å². The predicted octanol–water partition coefficient (Wildman–Crippen LogP) is 9.92. The Hall–Kier alpha value is -4.26. The maximum absolute atomic E-state index is 9.85. The van der Waals surface area contributed by atoms with Gasteiger partial charge in [-0.15, -0.1) is 0 Å². The average molecular weight is 655 g/mol. The molecule has 2 aromatic carbocycles. The first kappa shape index (κ1) is 33.2. The third kappa shape index (κ3) is 5.23. The Morgan fingerprint density at radius 1 is 0.694 bits per heavy atom. The van der Waals surface area contributed by atoms with E-state index in [1.165, 1.54) is 49.7 Å². The fourth-order valence-corrected chi connectivity index (χ4v) is 8.71. The molecule has 7 rings (SSSR count). The lowest BCUT2D eigenvalue weighted by Crippen LogP contribution is -2.23. The standard InChI is InChI=1S/C43H50N4O2/c1-7-28-29(8-2)41-40-32-16-12-11-15-27(32)21-33-42(40)47-39(43(33,9-3)10-4)24-35-26(6)31(18-14-20-49)38(45-35)23-37-30(17-13-19-48)25(5)34(44-37)22-36(28)46-41/h11-12,15-16,21-24,44-45,48-49H,7-10,13-14,17-20H2,1-6H3. The number of aliphatic hydroxyl groups excluding tert-OH is 2. The molecule has 0 radical (unpaired) electrons. The molecule has 0 fully saturated rings. The van der Waals surface area contributed by atoms with Gasteiger partial charge in [-0.05, 0) is 139 Å². The monoisotopic (exact) mass is 654 g/mol. The summed E-state index contributed by atoms with van der Waals surface area (Å²) in [6.07, 6.45) is 6.59. The Balaban J connectivity index is 1.75. The van der Waals surface area contributed by atoms with E-state index in [0.717, 1.165) is 88.6 Å². The molecule has 5 heterocycles. The number of nitrogens with one attached hydrogen (secondary N) is 2. The highest BCUT2D eigenvalue weighted by molar-refractivity contribution is 6.14. The summed E-state index contributed by atoms with van der Waals surface area (Å²) >= 11 is 0.